The van der Waals surface area contributed by atoms with Crippen molar-refractivity contribution in [3.05, 3.63) is 18.7 Å². The fourth-order valence-electron chi connectivity index (χ4n) is 1.70. The lowest BCUT2D eigenvalue weighted by Gasteiger charge is -2.26. The average molecular weight is 239 g/mol. The van der Waals surface area contributed by atoms with Crippen LogP contribution in [0.2, 0.25) is 0 Å². The van der Waals surface area contributed by atoms with Gasteiger partial charge in [0.15, 0.2) is 0 Å². The molecule has 0 saturated carbocycles. The minimum absolute atomic E-state index is 0.123. The Labute approximate surface area is 102 Å². The predicted molar refractivity (Wildman–Crippen MR) is 65.4 cm³/mol. The Bertz CT molecular complexity index is 323. The van der Waals surface area contributed by atoms with Gasteiger partial charge in [0.1, 0.15) is 0 Å². The molecule has 0 unspecified atom stereocenters. The second kappa shape index (κ2) is 7.06. The van der Waals surface area contributed by atoms with E-state index in [9.17, 15) is 4.79 Å². The summed E-state index contributed by atoms with van der Waals surface area (Å²) in [6.07, 6.45) is 6.37. The molecule has 0 aliphatic heterocycles. The Balaban J connectivity index is 2.42. The first-order chi connectivity index (χ1) is 8.15. The third-order valence-electron chi connectivity index (χ3n) is 2.64. The topological polar surface area (TPSA) is 58.4 Å². The van der Waals surface area contributed by atoms with Gasteiger partial charge in [-0.15, -0.1) is 0 Å². The minimum atomic E-state index is 0.123. The van der Waals surface area contributed by atoms with E-state index in [2.05, 4.69) is 4.98 Å². The first-order valence-corrected chi connectivity index (χ1v) is 6.01. The van der Waals surface area contributed by atoms with Crippen molar-refractivity contribution in [1.82, 2.24) is 14.5 Å². The monoisotopic (exact) mass is 239 g/mol. The molecule has 5 nitrogen and oxygen atoms in total. The number of aryl methyl sites for hydroxylation is 1. The first kappa shape index (κ1) is 13.7. The third-order valence-corrected chi connectivity index (χ3v) is 2.64. The van der Waals surface area contributed by atoms with Gasteiger partial charge in [-0.3, -0.25) is 4.79 Å². The Morgan fingerprint density at radius 2 is 2.29 bits per heavy atom. The maximum atomic E-state index is 12.0. The fourth-order valence-corrected chi connectivity index (χ4v) is 1.70. The molecule has 1 aromatic heterocycles. The largest absolute Gasteiger partial charge is 0.396 e. The summed E-state index contributed by atoms with van der Waals surface area (Å²) in [6, 6.07) is 0.178. The van der Waals surface area contributed by atoms with Gasteiger partial charge in [0.05, 0.1) is 6.33 Å². The van der Waals surface area contributed by atoms with Gasteiger partial charge in [-0.05, 0) is 20.3 Å². The molecule has 0 aliphatic carbocycles. The molecule has 1 heterocycles. The summed E-state index contributed by atoms with van der Waals surface area (Å²) < 4.78 is 1.89. The van der Waals surface area contributed by atoms with Crippen LogP contribution < -0.4 is 0 Å². The zero-order valence-corrected chi connectivity index (χ0v) is 10.5. The van der Waals surface area contributed by atoms with Gasteiger partial charge in [0.25, 0.3) is 0 Å². The van der Waals surface area contributed by atoms with Crippen LogP contribution in [0.1, 0.15) is 26.7 Å². The summed E-state index contributed by atoms with van der Waals surface area (Å²) in [5.74, 6) is 0.127. The van der Waals surface area contributed by atoms with E-state index in [1.165, 1.54) is 0 Å². The summed E-state index contributed by atoms with van der Waals surface area (Å²) in [7, 11) is 0. The van der Waals surface area contributed by atoms with E-state index in [-0.39, 0.29) is 18.6 Å². The molecule has 1 aromatic rings. The summed E-state index contributed by atoms with van der Waals surface area (Å²) in [4.78, 5) is 17.7. The molecule has 0 atom stereocenters. The zero-order chi connectivity index (χ0) is 12.7. The van der Waals surface area contributed by atoms with Crippen LogP contribution in [-0.2, 0) is 11.3 Å². The molecule has 0 radical (unpaired) electrons. The van der Waals surface area contributed by atoms with E-state index in [0.717, 1.165) is 0 Å². The van der Waals surface area contributed by atoms with E-state index in [0.29, 0.717) is 25.9 Å². The first-order valence-electron chi connectivity index (χ1n) is 6.01. The molecule has 0 fully saturated rings. The Kier molecular flexibility index (Phi) is 5.69. The lowest BCUT2D eigenvalue weighted by Crippen LogP contribution is -2.38. The van der Waals surface area contributed by atoms with Crippen LogP contribution in [0.25, 0.3) is 0 Å². The molecule has 5 heteroatoms. The van der Waals surface area contributed by atoms with Gasteiger partial charge in [-0.1, -0.05) is 0 Å². The number of amides is 1. The molecule has 0 aliphatic rings. The van der Waals surface area contributed by atoms with Crippen LogP contribution in [0.4, 0.5) is 0 Å². The van der Waals surface area contributed by atoms with Crippen molar-refractivity contribution < 1.29 is 9.90 Å². The van der Waals surface area contributed by atoms with Gasteiger partial charge in [0, 0.05) is 44.6 Å². The number of carbonyl (C=O) groups excluding carboxylic acids is 1. The number of carbonyl (C=O) groups is 1. The summed E-state index contributed by atoms with van der Waals surface area (Å²) in [5.41, 5.74) is 0. The molecule has 96 valence electrons. The molecule has 1 amide bonds. The third kappa shape index (κ3) is 4.56. The lowest BCUT2D eigenvalue weighted by molar-refractivity contribution is -0.133. The van der Waals surface area contributed by atoms with E-state index in [1.807, 2.05) is 29.5 Å². The van der Waals surface area contributed by atoms with Crippen molar-refractivity contribution >= 4 is 5.91 Å². The average Bonchev–Trinajstić information content (AvgIpc) is 2.79. The van der Waals surface area contributed by atoms with Crippen molar-refractivity contribution in [2.24, 2.45) is 0 Å². The molecular weight excluding hydrogens is 218 g/mol. The molecule has 1 N–H and O–H groups in total. The highest BCUT2D eigenvalue weighted by Crippen LogP contribution is 2.04. The van der Waals surface area contributed by atoms with Gasteiger partial charge in [-0.2, -0.15) is 0 Å². The standard InChI is InChI=1S/C12H21N3O2/c1-11(2)15(6-3-9-16)12(17)4-7-14-8-5-13-10-14/h5,8,10-11,16H,3-4,6-7,9H2,1-2H3. The Hall–Kier alpha value is -1.36. The zero-order valence-electron chi connectivity index (χ0n) is 10.5. The molecule has 0 spiro atoms. The van der Waals surface area contributed by atoms with Gasteiger partial charge in [0.2, 0.25) is 5.91 Å². The van der Waals surface area contributed by atoms with Gasteiger partial charge < -0.3 is 14.6 Å². The van der Waals surface area contributed by atoms with Crippen LogP contribution in [-0.4, -0.2) is 44.7 Å². The molecule has 0 aromatic carbocycles. The van der Waals surface area contributed by atoms with E-state index in [1.54, 1.807) is 12.5 Å². The van der Waals surface area contributed by atoms with Crippen molar-refractivity contribution in [1.29, 1.82) is 0 Å². The molecule has 0 saturated heterocycles. The smallest absolute Gasteiger partial charge is 0.224 e. The second-order valence-corrected chi connectivity index (χ2v) is 4.31. The van der Waals surface area contributed by atoms with Crippen molar-refractivity contribution in [3.63, 3.8) is 0 Å². The van der Waals surface area contributed by atoms with Crippen molar-refractivity contribution in [2.45, 2.75) is 39.3 Å². The summed E-state index contributed by atoms with van der Waals surface area (Å²) in [5, 5.41) is 8.81. The van der Waals surface area contributed by atoms with Crippen LogP contribution in [0.15, 0.2) is 18.7 Å². The normalized spacial score (nSPS) is 10.8. The number of hydrogen-bond acceptors (Lipinski definition) is 3. The number of aromatic nitrogens is 2. The van der Waals surface area contributed by atoms with Crippen molar-refractivity contribution in [3.8, 4) is 0 Å². The highest BCUT2D eigenvalue weighted by Gasteiger charge is 2.15. The number of aliphatic hydroxyl groups excluding tert-OH is 1. The number of nitrogens with zero attached hydrogens (tertiary/aromatic N) is 3. The van der Waals surface area contributed by atoms with Crippen molar-refractivity contribution in [2.75, 3.05) is 13.2 Å². The van der Waals surface area contributed by atoms with Crippen LogP contribution in [0.3, 0.4) is 0 Å². The van der Waals surface area contributed by atoms with Gasteiger partial charge >= 0.3 is 0 Å². The molecule has 1 rings (SSSR count). The maximum absolute atomic E-state index is 12.0. The number of rotatable bonds is 7. The Morgan fingerprint density at radius 1 is 1.53 bits per heavy atom. The fraction of sp³-hybridized carbons (Fsp3) is 0.667. The summed E-state index contributed by atoms with van der Waals surface area (Å²) in [6.45, 7) is 5.38. The lowest BCUT2D eigenvalue weighted by atomic mass is 10.2. The van der Waals surface area contributed by atoms with Crippen LogP contribution in [0.5, 0.6) is 0 Å². The van der Waals surface area contributed by atoms with E-state index < -0.39 is 0 Å². The minimum Gasteiger partial charge on any atom is -0.396 e. The van der Waals surface area contributed by atoms with E-state index >= 15 is 0 Å². The SMILES string of the molecule is CC(C)N(CCCO)C(=O)CCn1ccnc1. The summed E-state index contributed by atoms with van der Waals surface area (Å²) >= 11 is 0. The predicted octanol–water partition coefficient (Wildman–Crippen LogP) is 0.893. The molecule has 17 heavy (non-hydrogen) atoms. The Morgan fingerprint density at radius 3 is 2.82 bits per heavy atom. The maximum Gasteiger partial charge on any atom is 0.224 e. The number of hydrogen-bond donors (Lipinski definition) is 1. The molecule has 0 bridgehead atoms. The number of aliphatic hydroxyl groups is 1. The quantitative estimate of drug-likeness (QED) is 0.769. The highest BCUT2D eigenvalue weighted by molar-refractivity contribution is 5.76. The number of imidazole rings is 1. The van der Waals surface area contributed by atoms with Gasteiger partial charge in [-0.25, -0.2) is 4.98 Å². The van der Waals surface area contributed by atoms with Crippen LogP contribution >= 0.6 is 0 Å². The highest BCUT2D eigenvalue weighted by atomic mass is 16.3. The second-order valence-electron chi connectivity index (χ2n) is 4.31. The molecular formula is C12H21N3O2. The van der Waals surface area contributed by atoms with E-state index in [4.69, 9.17) is 5.11 Å². The van der Waals surface area contributed by atoms with Crippen LogP contribution in [0, 0.1) is 0 Å².